The van der Waals surface area contributed by atoms with Crippen LogP contribution in [0.1, 0.15) is 32.8 Å². The van der Waals surface area contributed by atoms with Gasteiger partial charge in [0.15, 0.2) is 6.61 Å². The van der Waals surface area contributed by atoms with Crippen LogP contribution in [0.25, 0.3) is 0 Å². The molecule has 1 saturated heterocycles. The molecule has 1 amide bonds. The summed E-state index contributed by atoms with van der Waals surface area (Å²) in [6.07, 6.45) is 1.84. The molecule has 1 aliphatic rings. The molecule has 0 saturated carbocycles. The van der Waals surface area contributed by atoms with Crippen molar-refractivity contribution in [2.75, 3.05) is 39.0 Å². The summed E-state index contributed by atoms with van der Waals surface area (Å²) in [6.45, 7) is 8.01. The van der Waals surface area contributed by atoms with E-state index in [0.717, 1.165) is 11.3 Å². The number of benzene rings is 1. The molecule has 0 aliphatic carbocycles. The lowest BCUT2D eigenvalue weighted by molar-refractivity contribution is -0.133. The number of sulfonamides is 1. The van der Waals surface area contributed by atoms with Gasteiger partial charge in [-0.1, -0.05) is 39.0 Å². The molecule has 0 unspecified atom stereocenters. The number of amides is 1. The van der Waals surface area contributed by atoms with Gasteiger partial charge in [-0.15, -0.1) is 0 Å². The fraction of sp³-hybridized carbons (Fsp3) is 0.611. The standard InChI is InChI=1S/C18H28N2O4S/c1-18(2,3)15-8-5-6-9-16(15)24-14-17(21)19-10-7-11-20(13-12-19)25(4,22)23/h5-6,8-9H,7,10-14H2,1-4H3. The van der Waals surface area contributed by atoms with Crippen molar-refractivity contribution in [2.24, 2.45) is 0 Å². The second kappa shape index (κ2) is 7.74. The molecule has 1 heterocycles. The third kappa shape index (κ3) is 5.44. The zero-order chi connectivity index (χ0) is 18.7. The summed E-state index contributed by atoms with van der Waals surface area (Å²) in [7, 11) is -3.21. The number of para-hydroxylation sites is 1. The molecule has 0 N–H and O–H groups in total. The number of carbonyl (C=O) groups is 1. The van der Waals surface area contributed by atoms with E-state index in [4.69, 9.17) is 4.74 Å². The largest absolute Gasteiger partial charge is 0.483 e. The van der Waals surface area contributed by atoms with Crippen LogP contribution in [0.3, 0.4) is 0 Å². The Hall–Kier alpha value is -1.60. The highest BCUT2D eigenvalue weighted by atomic mass is 32.2. The number of hydrogen-bond donors (Lipinski definition) is 0. The highest BCUT2D eigenvalue weighted by Crippen LogP contribution is 2.30. The molecule has 1 fully saturated rings. The van der Waals surface area contributed by atoms with Crippen LogP contribution in [0.5, 0.6) is 5.75 Å². The van der Waals surface area contributed by atoms with Crippen molar-refractivity contribution in [1.29, 1.82) is 0 Å². The topological polar surface area (TPSA) is 66.9 Å². The van der Waals surface area contributed by atoms with Crippen molar-refractivity contribution < 1.29 is 17.9 Å². The minimum absolute atomic E-state index is 0.0357. The number of nitrogens with zero attached hydrogens (tertiary/aromatic N) is 2. The monoisotopic (exact) mass is 368 g/mol. The lowest BCUT2D eigenvalue weighted by Crippen LogP contribution is -2.39. The van der Waals surface area contributed by atoms with Crippen LogP contribution in [0.15, 0.2) is 24.3 Å². The Bertz CT molecular complexity index is 710. The van der Waals surface area contributed by atoms with Gasteiger partial charge in [-0.25, -0.2) is 12.7 Å². The molecule has 1 aromatic rings. The lowest BCUT2D eigenvalue weighted by atomic mass is 9.86. The molecular weight excluding hydrogens is 340 g/mol. The smallest absolute Gasteiger partial charge is 0.260 e. The van der Waals surface area contributed by atoms with Crippen molar-refractivity contribution in [3.63, 3.8) is 0 Å². The molecule has 0 bridgehead atoms. The highest BCUT2D eigenvalue weighted by molar-refractivity contribution is 7.88. The van der Waals surface area contributed by atoms with E-state index in [1.54, 1.807) is 4.90 Å². The molecule has 0 atom stereocenters. The Morgan fingerprint density at radius 2 is 1.80 bits per heavy atom. The van der Waals surface area contributed by atoms with Gasteiger partial charge >= 0.3 is 0 Å². The van der Waals surface area contributed by atoms with Crippen LogP contribution >= 0.6 is 0 Å². The first-order chi connectivity index (χ1) is 11.6. The van der Waals surface area contributed by atoms with Crippen LogP contribution in [0.4, 0.5) is 0 Å². The Balaban J connectivity index is 1.98. The van der Waals surface area contributed by atoms with Gasteiger partial charge in [0.25, 0.3) is 5.91 Å². The van der Waals surface area contributed by atoms with Crippen molar-refractivity contribution in [1.82, 2.24) is 9.21 Å². The molecule has 0 spiro atoms. The van der Waals surface area contributed by atoms with Crippen LogP contribution in [0.2, 0.25) is 0 Å². The van der Waals surface area contributed by atoms with E-state index in [1.165, 1.54) is 10.6 Å². The average molecular weight is 368 g/mol. The molecule has 1 aromatic carbocycles. The van der Waals surface area contributed by atoms with Gasteiger partial charge in [0.05, 0.1) is 6.26 Å². The van der Waals surface area contributed by atoms with Crippen molar-refractivity contribution >= 4 is 15.9 Å². The molecule has 6 nitrogen and oxygen atoms in total. The van der Waals surface area contributed by atoms with Gasteiger partial charge in [0.2, 0.25) is 10.0 Å². The molecular formula is C18H28N2O4S. The van der Waals surface area contributed by atoms with Gasteiger partial charge in [0, 0.05) is 26.2 Å². The Morgan fingerprint density at radius 3 is 2.44 bits per heavy atom. The Morgan fingerprint density at radius 1 is 1.12 bits per heavy atom. The minimum Gasteiger partial charge on any atom is -0.483 e. The van der Waals surface area contributed by atoms with Gasteiger partial charge in [0.1, 0.15) is 5.75 Å². The van der Waals surface area contributed by atoms with Crippen LogP contribution in [-0.4, -0.2) is 62.6 Å². The third-order valence-corrected chi connectivity index (χ3v) is 5.63. The maximum Gasteiger partial charge on any atom is 0.260 e. The summed E-state index contributed by atoms with van der Waals surface area (Å²) < 4.78 is 30.5. The first-order valence-corrected chi connectivity index (χ1v) is 10.4. The van der Waals surface area contributed by atoms with Crippen LogP contribution in [0, 0.1) is 0 Å². The molecule has 7 heteroatoms. The van der Waals surface area contributed by atoms with Gasteiger partial charge in [-0.2, -0.15) is 0 Å². The number of carbonyl (C=O) groups excluding carboxylic acids is 1. The van der Waals surface area contributed by atoms with Crippen LogP contribution < -0.4 is 4.74 Å². The fourth-order valence-corrected chi connectivity index (χ4v) is 3.79. The van der Waals surface area contributed by atoms with Gasteiger partial charge in [-0.3, -0.25) is 4.79 Å². The first-order valence-electron chi connectivity index (χ1n) is 8.54. The maximum absolute atomic E-state index is 12.5. The molecule has 0 aromatic heterocycles. The number of rotatable bonds is 4. The number of hydrogen-bond acceptors (Lipinski definition) is 4. The zero-order valence-corrected chi connectivity index (χ0v) is 16.3. The third-order valence-electron chi connectivity index (χ3n) is 4.32. The summed E-state index contributed by atoms with van der Waals surface area (Å²) in [4.78, 5) is 14.2. The van der Waals surface area contributed by atoms with E-state index < -0.39 is 10.0 Å². The van der Waals surface area contributed by atoms with Crippen molar-refractivity contribution in [3.05, 3.63) is 29.8 Å². The lowest BCUT2D eigenvalue weighted by Gasteiger charge is -2.24. The summed E-state index contributed by atoms with van der Waals surface area (Å²) in [5, 5.41) is 0. The maximum atomic E-state index is 12.5. The van der Waals surface area contributed by atoms with Gasteiger partial charge < -0.3 is 9.64 Å². The molecule has 1 aliphatic heterocycles. The van der Waals surface area contributed by atoms with E-state index in [1.807, 2.05) is 24.3 Å². The van der Waals surface area contributed by atoms with Crippen molar-refractivity contribution in [3.8, 4) is 5.75 Å². The molecule has 25 heavy (non-hydrogen) atoms. The molecule has 0 radical (unpaired) electrons. The Labute approximate surface area is 150 Å². The Kier molecular flexibility index (Phi) is 6.11. The fourth-order valence-electron chi connectivity index (χ4n) is 2.92. The first kappa shape index (κ1) is 19.7. The van der Waals surface area contributed by atoms with E-state index >= 15 is 0 Å². The van der Waals surface area contributed by atoms with E-state index in [9.17, 15) is 13.2 Å². The molecule has 140 valence electrons. The second-order valence-corrected chi connectivity index (χ2v) is 9.41. The molecule has 2 rings (SSSR count). The summed E-state index contributed by atoms with van der Waals surface area (Å²) >= 11 is 0. The summed E-state index contributed by atoms with van der Waals surface area (Å²) in [5.74, 6) is 0.606. The highest BCUT2D eigenvalue weighted by Gasteiger charge is 2.24. The predicted octanol–water partition coefficient (Wildman–Crippen LogP) is 1.86. The van der Waals surface area contributed by atoms with Crippen LogP contribution in [-0.2, 0) is 20.2 Å². The van der Waals surface area contributed by atoms with Crippen molar-refractivity contribution in [2.45, 2.75) is 32.6 Å². The summed E-state index contributed by atoms with van der Waals surface area (Å²) in [5.41, 5.74) is 0.986. The second-order valence-electron chi connectivity index (χ2n) is 7.43. The predicted molar refractivity (Wildman–Crippen MR) is 98.3 cm³/mol. The SMILES string of the molecule is CC(C)(C)c1ccccc1OCC(=O)N1CCCN(S(C)(=O)=O)CC1. The average Bonchev–Trinajstić information content (AvgIpc) is 2.78. The van der Waals surface area contributed by atoms with Gasteiger partial charge in [-0.05, 0) is 23.5 Å². The van der Waals surface area contributed by atoms with E-state index in [-0.39, 0.29) is 17.9 Å². The minimum atomic E-state index is -3.21. The zero-order valence-electron chi connectivity index (χ0n) is 15.5. The quantitative estimate of drug-likeness (QED) is 0.814. The normalized spacial score (nSPS) is 17.2. The summed E-state index contributed by atoms with van der Waals surface area (Å²) in [6, 6.07) is 7.74. The number of ether oxygens (including phenoxy) is 1. The van der Waals surface area contributed by atoms with E-state index in [2.05, 4.69) is 20.8 Å². The van der Waals surface area contributed by atoms with E-state index in [0.29, 0.717) is 32.6 Å².